The molecule has 28 heavy (non-hydrogen) atoms. The van der Waals surface area contributed by atoms with Crippen molar-refractivity contribution in [1.29, 1.82) is 0 Å². The fraction of sp³-hybridized carbons (Fsp3) is 0.550. The lowest BCUT2D eigenvalue weighted by atomic mass is 10.2. The molecule has 1 aromatic carbocycles. The Bertz CT molecular complexity index is 698. The van der Waals surface area contributed by atoms with Gasteiger partial charge in [0.15, 0.2) is 0 Å². The monoisotopic (exact) mass is 407 g/mol. The van der Waals surface area contributed by atoms with Crippen LogP contribution in [0.3, 0.4) is 0 Å². The fourth-order valence-corrected chi connectivity index (χ4v) is 4.21. The molecule has 154 valence electrons. The zero-order valence-electron chi connectivity index (χ0n) is 16.8. The Morgan fingerprint density at radius 3 is 2.71 bits per heavy atom. The molecule has 1 aliphatic rings. The Balaban J connectivity index is 1.92. The van der Waals surface area contributed by atoms with Crippen LogP contribution in [0, 0.1) is 6.92 Å². The molecule has 0 bridgehead atoms. The molecule has 0 unspecified atom stereocenters. The van der Waals surface area contributed by atoms with Crippen LogP contribution in [-0.4, -0.2) is 78.4 Å². The first-order valence-corrected chi connectivity index (χ1v) is 10.5. The van der Waals surface area contributed by atoms with Gasteiger partial charge in [-0.15, -0.1) is 11.8 Å². The van der Waals surface area contributed by atoms with Crippen LogP contribution in [0.4, 0.5) is 5.69 Å². The maximum atomic E-state index is 12.7. The molecule has 8 heteroatoms. The molecule has 1 saturated heterocycles. The number of nitrogens with zero attached hydrogens (tertiary/aromatic N) is 2. The summed E-state index contributed by atoms with van der Waals surface area (Å²) in [4.78, 5) is 40.5. The van der Waals surface area contributed by atoms with Gasteiger partial charge in [-0.25, -0.2) is 0 Å². The zero-order valence-corrected chi connectivity index (χ0v) is 17.6. The van der Waals surface area contributed by atoms with E-state index in [1.165, 1.54) is 18.9 Å². The second-order valence-electron chi connectivity index (χ2n) is 6.80. The predicted octanol–water partition coefficient (Wildman–Crippen LogP) is 1.76. The highest BCUT2D eigenvalue weighted by atomic mass is 32.2. The van der Waals surface area contributed by atoms with Crippen molar-refractivity contribution in [3.8, 4) is 0 Å². The van der Waals surface area contributed by atoms with Gasteiger partial charge in [-0.05, 0) is 31.5 Å². The summed E-state index contributed by atoms with van der Waals surface area (Å²) >= 11 is 1.51. The lowest BCUT2D eigenvalue weighted by Crippen LogP contribution is -2.49. The van der Waals surface area contributed by atoms with E-state index in [9.17, 15) is 14.4 Å². The quantitative estimate of drug-likeness (QED) is 0.662. The highest BCUT2D eigenvalue weighted by molar-refractivity contribution is 8.00. The maximum absolute atomic E-state index is 12.7. The van der Waals surface area contributed by atoms with E-state index >= 15 is 0 Å². The smallest absolute Gasteiger partial charge is 0.320 e. The molecular formula is C20H29N3O4S. The predicted molar refractivity (Wildman–Crippen MR) is 111 cm³/mol. The number of methoxy groups -OCH3 is 1. The van der Waals surface area contributed by atoms with Crippen molar-refractivity contribution in [3.63, 3.8) is 0 Å². The van der Waals surface area contributed by atoms with Crippen LogP contribution in [0.2, 0.25) is 0 Å². The van der Waals surface area contributed by atoms with E-state index in [2.05, 4.69) is 5.32 Å². The molecule has 0 saturated carbocycles. The summed E-state index contributed by atoms with van der Waals surface area (Å²) < 4.78 is 4.80. The van der Waals surface area contributed by atoms with Gasteiger partial charge >= 0.3 is 5.97 Å². The molecule has 0 spiro atoms. The summed E-state index contributed by atoms with van der Waals surface area (Å²) in [5.41, 5.74) is 1.78. The number of carbonyl (C=O) groups excluding carboxylic acids is 3. The molecule has 1 aromatic rings. The Kier molecular flexibility index (Phi) is 8.79. The number of hydrogen-bond acceptors (Lipinski definition) is 6. The first-order valence-electron chi connectivity index (χ1n) is 9.49. The van der Waals surface area contributed by atoms with E-state index in [-0.39, 0.29) is 36.1 Å². The van der Waals surface area contributed by atoms with Crippen LogP contribution >= 0.6 is 11.8 Å². The largest absolute Gasteiger partial charge is 0.468 e. The SMILES string of the molecule is CCCN(CC(=O)Nc1ccccc1C)CC(=O)N1CCS[C@@H](C(=O)OC)C1. The minimum atomic E-state index is -0.341. The molecule has 0 aliphatic carbocycles. The van der Waals surface area contributed by atoms with Gasteiger partial charge in [-0.1, -0.05) is 25.1 Å². The highest BCUT2D eigenvalue weighted by Crippen LogP contribution is 2.20. The van der Waals surface area contributed by atoms with Gasteiger partial charge in [0.1, 0.15) is 5.25 Å². The molecule has 1 fully saturated rings. The molecule has 1 atom stereocenters. The standard InChI is InChI=1S/C20H29N3O4S/c1-4-9-22(13-18(24)21-16-8-6-5-7-15(16)2)14-19(25)23-10-11-28-17(12-23)20(26)27-3/h5-8,17H,4,9-14H2,1-3H3,(H,21,24)/t17-/m1/s1. The van der Waals surface area contributed by atoms with Gasteiger partial charge in [0.2, 0.25) is 11.8 Å². The average molecular weight is 408 g/mol. The van der Waals surface area contributed by atoms with Crippen LogP contribution in [0.5, 0.6) is 0 Å². The second kappa shape index (κ2) is 11.1. The highest BCUT2D eigenvalue weighted by Gasteiger charge is 2.30. The summed E-state index contributed by atoms with van der Waals surface area (Å²) in [6, 6.07) is 7.60. The third kappa shape index (κ3) is 6.53. The van der Waals surface area contributed by atoms with Crippen molar-refractivity contribution >= 4 is 35.2 Å². The average Bonchev–Trinajstić information content (AvgIpc) is 2.69. The summed E-state index contributed by atoms with van der Waals surface area (Å²) in [6.45, 7) is 5.87. The molecule has 7 nitrogen and oxygen atoms in total. The number of ether oxygens (including phenoxy) is 1. The molecule has 1 heterocycles. The van der Waals surface area contributed by atoms with Crippen molar-refractivity contribution in [1.82, 2.24) is 9.80 Å². The van der Waals surface area contributed by atoms with Crippen LogP contribution in [-0.2, 0) is 19.1 Å². The molecule has 2 amide bonds. The van der Waals surface area contributed by atoms with Gasteiger partial charge in [0.05, 0.1) is 20.2 Å². The number of hydrogen-bond donors (Lipinski definition) is 1. The number of esters is 1. The van der Waals surface area contributed by atoms with Gasteiger partial charge < -0.3 is 15.0 Å². The molecular weight excluding hydrogens is 378 g/mol. The number of nitrogens with one attached hydrogen (secondary N) is 1. The third-order valence-corrected chi connectivity index (χ3v) is 5.73. The van der Waals surface area contributed by atoms with Crippen molar-refractivity contribution < 1.29 is 19.1 Å². The zero-order chi connectivity index (χ0) is 20.5. The summed E-state index contributed by atoms with van der Waals surface area (Å²) in [6.07, 6.45) is 0.839. The van der Waals surface area contributed by atoms with Crippen LogP contribution < -0.4 is 5.32 Å². The number of thioether (sulfide) groups is 1. The first-order chi connectivity index (χ1) is 13.4. The molecule has 1 N–H and O–H groups in total. The number of para-hydroxylation sites is 1. The summed E-state index contributed by atoms with van der Waals surface area (Å²) in [7, 11) is 1.36. The van der Waals surface area contributed by atoms with E-state index in [0.717, 1.165) is 17.7 Å². The van der Waals surface area contributed by atoms with Gasteiger partial charge in [0.25, 0.3) is 0 Å². The summed E-state index contributed by atoms with van der Waals surface area (Å²) in [5.74, 6) is 0.196. The molecule has 0 radical (unpaired) electrons. The number of anilines is 1. The fourth-order valence-electron chi connectivity index (χ4n) is 3.08. The number of rotatable bonds is 8. The van der Waals surface area contributed by atoms with Crippen molar-refractivity contribution in [2.45, 2.75) is 25.5 Å². The van der Waals surface area contributed by atoms with E-state index in [0.29, 0.717) is 25.4 Å². The number of carbonyl (C=O) groups is 3. The van der Waals surface area contributed by atoms with E-state index in [1.54, 1.807) is 4.90 Å². The van der Waals surface area contributed by atoms with Gasteiger partial charge in [0, 0.05) is 24.5 Å². The Hall–Kier alpha value is -2.06. The van der Waals surface area contributed by atoms with E-state index in [1.807, 2.05) is 43.0 Å². The number of aryl methyl sites for hydroxylation is 1. The number of amides is 2. The van der Waals surface area contributed by atoms with Crippen LogP contribution in [0.25, 0.3) is 0 Å². The third-order valence-electron chi connectivity index (χ3n) is 4.57. The second-order valence-corrected chi connectivity index (χ2v) is 8.11. The first kappa shape index (κ1) is 22.2. The Labute approximate surface area is 170 Å². The number of benzene rings is 1. The molecule has 0 aromatic heterocycles. The van der Waals surface area contributed by atoms with Gasteiger partial charge in [-0.3, -0.25) is 19.3 Å². The lowest BCUT2D eigenvalue weighted by Gasteiger charge is -2.32. The minimum Gasteiger partial charge on any atom is -0.468 e. The van der Waals surface area contributed by atoms with Crippen molar-refractivity contribution in [3.05, 3.63) is 29.8 Å². The van der Waals surface area contributed by atoms with E-state index < -0.39 is 0 Å². The van der Waals surface area contributed by atoms with Crippen LogP contribution in [0.15, 0.2) is 24.3 Å². The summed E-state index contributed by atoms with van der Waals surface area (Å²) in [5, 5.41) is 2.57. The molecule has 1 aliphatic heterocycles. The topological polar surface area (TPSA) is 79.0 Å². The Morgan fingerprint density at radius 1 is 1.29 bits per heavy atom. The minimum absolute atomic E-state index is 0.0636. The van der Waals surface area contributed by atoms with Crippen molar-refractivity contribution in [2.75, 3.05) is 50.9 Å². The molecule has 2 rings (SSSR count). The van der Waals surface area contributed by atoms with E-state index in [4.69, 9.17) is 4.74 Å². The maximum Gasteiger partial charge on any atom is 0.320 e. The normalized spacial score (nSPS) is 16.7. The van der Waals surface area contributed by atoms with Gasteiger partial charge in [-0.2, -0.15) is 0 Å². The lowest BCUT2D eigenvalue weighted by molar-refractivity contribution is -0.141. The van der Waals surface area contributed by atoms with Crippen LogP contribution in [0.1, 0.15) is 18.9 Å². The van der Waals surface area contributed by atoms with Crippen molar-refractivity contribution in [2.24, 2.45) is 0 Å². The Morgan fingerprint density at radius 2 is 2.04 bits per heavy atom.